The van der Waals surface area contributed by atoms with Gasteiger partial charge in [-0.25, -0.2) is 0 Å². The molecule has 1 nitrogen and oxygen atoms in total. The fraction of sp³-hybridized carbons (Fsp3) is 0.818. The maximum atomic E-state index is 3.73. The fourth-order valence-electron chi connectivity index (χ4n) is 1.39. The highest BCUT2D eigenvalue weighted by Gasteiger charge is 2.03. The third-order valence-corrected chi connectivity index (χ3v) is 2.28. The van der Waals surface area contributed by atoms with Gasteiger partial charge in [0.15, 0.2) is 0 Å². The monoisotopic (exact) mass is 169 g/mol. The molecule has 0 spiro atoms. The Morgan fingerprint density at radius 2 is 2.00 bits per heavy atom. The second kappa shape index (κ2) is 8.79. The van der Waals surface area contributed by atoms with Crippen LogP contribution in [0.5, 0.6) is 0 Å². The largest absolute Gasteiger partial charge is 0.317 e. The van der Waals surface area contributed by atoms with Gasteiger partial charge < -0.3 is 5.32 Å². The van der Waals surface area contributed by atoms with Crippen LogP contribution in [-0.2, 0) is 0 Å². The van der Waals surface area contributed by atoms with E-state index in [1.807, 2.05) is 6.08 Å². The second-order valence-electron chi connectivity index (χ2n) is 3.35. The molecular formula is C11H23N. The molecule has 12 heavy (non-hydrogen) atoms. The Morgan fingerprint density at radius 3 is 2.50 bits per heavy atom. The highest BCUT2D eigenvalue weighted by atomic mass is 14.9. The first-order chi connectivity index (χ1) is 5.85. The van der Waals surface area contributed by atoms with Crippen LogP contribution in [0.4, 0.5) is 0 Å². The quantitative estimate of drug-likeness (QED) is 0.435. The molecule has 1 N–H and O–H groups in total. The maximum absolute atomic E-state index is 3.73. The lowest BCUT2D eigenvalue weighted by Gasteiger charge is -2.14. The Bertz CT molecular complexity index is 99.2. The van der Waals surface area contributed by atoms with Crippen molar-refractivity contribution >= 4 is 0 Å². The summed E-state index contributed by atoms with van der Waals surface area (Å²) in [5.41, 5.74) is 0. The molecule has 0 fully saturated rings. The van der Waals surface area contributed by atoms with E-state index in [2.05, 4.69) is 25.9 Å². The highest BCUT2D eigenvalue weighted by molar-refractivity contribution is 4.70. The summed E-state index contributed by atoms with van der Waals surface area (Å²) in [6.45, 7) is 5.97. The summed E-state index contributed by atoms with van der Waals surface area (Å²) >= 11 is 0. The van der Waals surface area contributed by atoms with Gasteiger partial charge in [-0.2, -0.15) is 0 Å². The van der Waals surface area contributed by atoms with Crippen molar-refractivity contribution in [3.05, 3.63) is 12.7 Å². The molecule has 0 saturated heterocycles. The van der Waals surface area contributed by atoms with Crippen LogP contribution in [0.1, 0.15) is 45.4 Å². The van der Waals surface area contributed by atoms with Gasteiger partial charge in [-0.1, -0.05) is 25.8 Å². The summed E-state index contributed by atoms with van der Waals surface area (Å²) in [6, 6.07) is 0.727. The third kappa shape index (κ3) is 6.41. The van der Waals surface area contributed by atoms with E-state index in [4.69, 9.17) is 0 Å². The predicted molar refractivity (Wildman–Crippen MR) is 56.4 cm³/mol. The SMILES string of the molecule is C=CCCCC(CCCC)NC. The Hall–Kier alpha value is -0.300. The molecule has 1 heteroatoms. The molecule has 0 aliphatic heterocycles. The summed E-state index contributed by atoms with van der Waals surface area (Å²) < 4.78 is 0. The zero-order valence-electron chi connectivity index (χ0n) is 8.60. The van der Waals surface area contributed by atoms with E-state index >= 15 is 0 Å². The van der Waals surface area contributed by atoms with Crippen molar-refractivity contribution in [3.8, 4) is 0 Å². The van der Waals surface area contributed by atoms with Crippen molar-refractivity contribution in [2.75, 3.05) is 7.05 Å². The first-order valence-corrected chi connectivity index (χ1v) is 5.13. The van der Waals surface area contributed by atoms with Crippen molar-refractivity contribution in [1.82, 2.24) is 5.32 Å². The van der Waals surface area contributed by atoms with Crippen LogP contribution in [0, 0.1) is 0 Å². The van der Waals surface area contributed by atoms with Gasteiger partial charge in [0.25, 0.3) is 0 Å². The van der Waals surface area contributed by atoms with E-state index in [0.29, 0.717) is 0 Å². The zero-order valence-corrected chi connectivity index (χ0v) is 8.60. The number of hydrogen-bond donors (Lipinski definition) is 1. The van der Waals surface area contributed by atoms with Crippen molar-refractivity contribution in [2.24, 2.45) is 0 Å². The van der Waals surface area contributed by atoms with Crippen LogP contribution in [0.25, 0.3) is 0 Å². The summed E-state index contributed by atoms with van der Waals surface area (Å²) in [6.07, 6.45) is 9.71. The lowest BCUT2D eigenvalue weighted by molar-refractivity contribution is 0.460. The number of rotatable bonds is 8. The van der Waals surface area contributed by atoms with E-state index in [-0.39, 0.29) is 0 Å². The fourth-order valence-corrected chi connectivity index (χ4v) is 1.39. The molecule has 0 aliphatic rings. The van der Waals surface area contributed by atoms with Crippen molar-refractivity contribution < 1.29 is 0 Å². The van der Waals surface area contributed by atoms with Crippen molar-refractivity contribution in [1.29, 1.82) is 0 Å². The smallest absolute Gasteiger partial charge is 0.00641 e. The van der Waals surface area contributed by atoms with Crippen LogP contribution >= 0.6 is 0 Å². The summed E-state index contributed by atoms with van der Waals surface area (Å²) in [5.74, 6) is 0. The van der Waals surface area contributed by atoms with Crippen LogP contribution in [0.3, 0.4) is 0 Å². The number of nitrogens with one attached hydrogen (secondary N) is 1. The molecule has 0 heterocycles. The first kappa shape index (κ1) is 11.7. The van der Waals surface area contributed by atoms with E-state index in [1.54, 1.807) is 0 Å². The van der Waals surface area contributed by atoms with Crippen LogP contribution in [0.15, 0.2) is 12.7 Å². The Kier molecular flexibility index (Phi) is 8.57. The van der Waals surface area contributed by atoms with Gasteiger partial charge in [0.1, 0.15) is 0 Å². The average molecular weight is 169 g/mol. The van der Waals surface area contributed by atoms with E-state index in [9.17, 15) is 0 Å². The Morgan fingerprint density at radius 1 is 1.33 bits per heavy atom. The highest BCUT2D eigenvalue weighted by Crippen LogP contribution is 2.08. The molecule has 0 rings (SSSR count). The van der Waals surface area contributed by atoms with Gasteiger partial charge in [-0.3, -0.25) is 0 Å². The summed E-state index contributed by atoms with van der Waals surface area (Å²) in [4.78, 5) is 0. The number of unbranched alkanes of at least 4 members (excludes halogenated alkanes) is 2. The van der Waals surface area contributed by atoms with Crippen LogP contribution in [0.2, 0.25) is 0 Å². The standard InChI is InChI=1S/C11H23N/c1-4-6-8-10-11(12-3)9-7-5-2/h4,11-12H,1,5-10H2,2-3H3. The minimum absolute atomic E-state index is 0.727. The molecule has 0 aromatic heterocycles. The van der Waals surface area contributed by atoms with E-state index in [0.717, 1.165) is 12.5 Å². The van der Waals surface area contributed by atoms with Gasteiger partial charge in [-0.05, 0) is 32.7 Å². The average Bonchev–Trinajstić information content (AvgIpc) is 2.11. The third-order valence-electron chi connectivity index (χ3n) is 2.28. The van der Waals surface area contributed by atoms with Crippen LogP contribution in [-0.4, -0.2) is 13.1 Å². The van der Waals surface area contributed by atoms with Gasteiger partial charge in [-0.15, -0.1) is 6.58 Å². The minimum Gasteiger partial charge on any atom is -0.317 e. The van der Waals surface area contributed by atoms with Gasteiger partial charge in [0.05, 0.1) is 0 Å². The number of hydrogen-bond acceptors (Lipinski definition) is 1. The molecule has 72 valence electrons. The summed E-state index contributed by atoms with van der Waals surface area (Å²) in [5, 5.41) is 3.36. The molecular weight excluding hydrogens is 146 g/mol. The van der Waals surface area contributed by atoms with E-state index < -0.39 is 0 Å². The molecule has 0 aromatic rings. The molecule has 0 radical (unpaired) electrons. The molecule has 0 aliphatic carbocycles. The molecule has 1 unspecified atom stereocenters. The lowest BCUT2D eigenvalue weighted by Crippen LogP contribution is -2.24. The molecule has 1 atom stereocenters. The Balaban J connectivity index is 3.32. The maximum Gasteiger partial charge on any atom is 0.00641 e. The number of allylic oxidation sites excluding steroid dienone is 1. The van der Waals surface area contributed by atoms with Crippen molar-refractivity contribution in [2.45, 2.75) is 51.5 Å². The first-order valence-electron chi connectivity index (χ1n) is 5.13. The predicted octanol–water partition coefficient (Wildman–Crippen LogP) is 3.12. The van der Waals surface area contributed by atoms with Gasteiger partial charge in [0.2, 0.25) is 0 Å². The molecule has 0 aromatic carbocycles. The topological polar surface area (TPSA) is 12.0 Å². The van der Waals surface area contributed by atoms with Gasteiger partial charge >= 0.3 is 0 Å². The summed E-state index contributed by atoms with van der Waals surface area (Å²) in [7, 11) is 2.06. The lowest BCUT2D eigenvalue weighted by atomic mass is 10.0. The van der Waals surface area contributed by atoms with Crippen molar-refractivity contribution in [3.63, 3.8) is 0 Å². The minimum atomic E-state index is 0.727. The molecule has 0 saturated carbocycles. The normalized spacial score (nSPS) is 12.8. The molecule has 0 amide bonds. The van der Waals surface area contributed by atoms with Crippen LogP contribution < -0.4 is 5.32 Å². The molecule has 0 bridgehead atoms. The Labute approximate surface area is 77.2 Å². The second-order valence-corrected chi connectivity index (χ2v) is 3.35. The zero-order chi connectivity index (χ0) is 9.23. The van der Waals surface area contributed by atoms with Gasteiger partial charge in [0, 0.05) is 6.04 Å². The van der Waals surface area contributed by atoms with E-state index in [1.165, 1.54) is 32.1 Å².